The Hall–Kier alpha value is -2.05. The standard InChI is InChI=1S/C14H10ClNO4S/c15-10-5-7-11(8-6-10)20-14(17)9-21-13-4-2-1-3-12(13)16(18)19/h1-8H,9H2. The Labute approximate surface area is 130 Å². The quantitative estimate of drug-likeness (QED) is 0.274. The molecular weight excluding hydrogens is 314 g/mol. The first-order chi connectivity index (χ1) is 10.1. The smallest absolute Gasteiger partial charge is 0.321 e. The maximum atomic E-state index is 11.7. The van der Waals surface area contributed by atoms with Crippen LogP contribution in [0.2, 0.25) is 5.02 Å². The summed E-state index contributed by atoms with van der Waals surface area (Å²) >= 11 is 6.79. The van der Waals surface area contributed by atoms with Crippen molar-refractivity contribution in [3.63, 3.8) is 0 Å². The van der Waals surface area contributed by atoms with Crippen LogP contribution in [0, 0.1) is 10.1 Å². The average molecular weight is 324 g/mol. The Morgan fingerprint density at radius 3 is 2.52 bits per heavy atom. The maximum Gasteiger partial charge on any atom is 0.321 e. The van der Waals surface area contributed by atoms with Gasteiger partial charge in [0.1, 0.15) is 5.75 Å². The molecule has 0 amide bonds. The molecule has 0 saturated carbocycles. The third-order valence-corrected chi connectivity index (χ3v) is 3.74. The van der Waals surface area contributed by atoms with Crippen molar-refractivity contribution in [2.45, 2.75) is 4.90 Å². The van der Waals surface area contributed by atoms with Crippen LogP contribution in [0.3, 0.4) is 0 Å². The summed E-state index contributed by atoms with van der Waals surface area (Å²) in [5.74, 6) is -0.124. The minimum atomic E-state index is -0.486. The molecule has 0 aliphatic rings. The Morgan fingerprint density at radius 2 is 1.86 bits per heavy atom. The van der Waals surface area contributed by atoms with Crippen molar-refractivity contribution in [3.05, 3.63) is 63.7 Å². The Kier molecular flexibility index (Phi) is 5.19. The lowest BCUT2D eigenvalue weighted by Gasteiger charge is -2.04. The number of nitrogens with zero attached hydrogens (tertiary/aromatic N) is 1. The van der Waals surface area contributed by atoms with Gasteiger partial charge in [-0.3, -0.25) is 14.9 Å². The van der Waals surface area contributed by atoms with E-state index in [-0.39, 0.29) is 11.4 Å². The number of para-hydroxylation sites is 1. The van der Waals surface area contributed by atoms with Gasteiger partial charge in [0, 0.05) is 11.1 Å². The van der Waals surface area contributed by atoms with Crippen LogP contribution < -0.4 is 4.74 Å². The highest BCUT2D eigenvalue weighted by molar-refractivity contribution is 8.00. The number of rotatable bonds is 5. The van der Waals surface area contributed by atoms with E-state index in [4.69, 9.17) is 16.3 Å². The van der Waals surface area contributed by atoms with E-state index in [1.807, 2.05) is 0 Å². The molecule has 2 rings (SSSR count). The molecule has 0 spiro atoms. The van der Waals surface area contributed by atoms with Crippen LogP contribution in [0.15, 0.2) is 53.4 Å². The fourth-order valence-electron chi connectivity index (χ4n) is 1.53. The zero-order chi connectivity index (χ0) is 15.2. The maximum absolute atomic E-state index is 11.7. The van der Waals surface area contributed by atoms with E-state index < -0.39 is 10.9 Å². The van der Waals surface area contributed by atoms with Gasteiger partial charge in [-0.15, -0.1) is 11.8 Å². The average Bonchev–Trinajstić information content (AvgIpc) is 2.48. The first-order valence-electron chi connectivity index (χ1n) is 5.89. The zero-order valence-corrected chi connectivity index (χ0v) is 12.3. The third-order valence-electron chi connectivity index (χ3n) is 2.45. The molecule has 0 radical (unpaired) electrons. The van der Waals surface area contributed by atoms with Gasteiger partial charge in [0.05, 0.1) is 15.6 Å². The molecule has 0 atom stereocenters. The molecule has 0 bridgehead atoms. The fourth-order valence-corrected chi connectivity index (χ4v) is 2.45. The first-order valence-corrected chi connectivity index (χ1v) is 7.25. The second-order valence-corrected chi connectivity index (χ2v) is 5.40. The van der Waals surface area contributed by atoms with Gasteiger partial charge < -0.3 is 4.74 Å². The van der Waals surface area contributed by atoms with Gasteiger partial charge in [-0.25, -0.2) is 0 Å². The molecule has 0 N–H and O–H groups in total. The van der Waals surface area contributed by atoms with Gasteiger partial charge >= 0.3 is 5.97 Å². The zero-order valence-electron chi connectivity index (χ0n) is 10.7. The number of thioether (sulfide) groups is 1. The van der Waals surface area contributed by atoms with Crippen molar-refractivity contribution in [2.24, 2.45) is 0 Å². The molecule has 0 aromatic heterocycles. The number of benzene rings is 2. The van der Waals surface area contributed by atoms with Crippen LogP contribution >= 0.6 is 23.4 Å². The number of esters is 1. The molecule has 7 heteroatoms. The number of carbonyl (C=O) groups is 1. The van der Waals surface area contributed by atoms with Crippen molar-refractivity contribution in [3.8, 4) is 5.75 Å². The van der Waals surface area contributed by atoms with Crippen molar-refractivity contribution in [1.82, 2.24) is 0 Å². The molecule has 108 valence electrons. The van der Waals surface area contributed by atoms with Crippen LogP contribution in [0.4, 0.5) is 5.69 Å². The second-order valence-electron chi connectivity index (χ2n) is 3.94. The summed E-state index contributed by atoms with van der Waals surface area (Å²) < 4.78 is 5.10. The van der Waals surface area contributed by atoms with E-state index in [2.05, 4.69) is 0 Å². The number of nitro benzene ring substituents is 1. The van der Waals surface area contributed by atoms with E-state index >= 15 is 0 Å². The van der Waals surface area contributed by atoms with Crippen LogP contribution in [0.1, 0.15) is 0 Å². The molecule has 0 saturated heterocycles. The van der Waals surface area contributed by atoms with Crippen LogP contribution in [0.5, 0.6) is 5.75 Å². The van der Waals surface area contributed by atoms with Crippen LogP contribution in [0.25, 0.3) is 0 Å². The minimum absolute atomic E-state index is 0.0204. The summed E-state index contributed by atoms with van der Waals surface area (Å²) in [7, 11) is 0. The molecule has 21 heavy (non-hydrogen) atoms. The summed E-state index contributed by atoms with van der Waals surface area (Å²) in [4.78, 5) is 22.5. The minimum Gasteiger partial charge on any atom is -0.426 e. The first kappa shape index (κ1) is 15.3. The Morgan fingerprint density at radius 1 is 1.19 bits per heavy atom. The SMILES string of the molecule is O=C(CSc1ccccc1[N+](=O)[O-])Oc1ccc(Cl)cc1. The molecule has 0 aliphatic carbocycles. The lowest BCUT2D eigenvalue weighted by molar-refractivity contribution is -0.387. The lowest BCUT2D eigenvalue weighted by atomic mass is 10.3. The predicted octanol–water partition coefficient (Wildman–Crippen LogP) is 3.95. The molecule has 5 nitrogen and oxygen atoms in total. The number of carbonyl (C=O) groups excluding carboxylic acids is 1. The summed E-state index contributed by atoms with van der Waals surface area (Å²) in [6, 6.07) is 12.6. The molecule has 0 unspecified atom stereocenters. The number of hydrogen-bond donors (Lipinski definition) is 0. The van der Waals surface area contributed by atoms with E-state index in [1.54, 1.807) is 42.5 Å². The molecule has 0 heterocycles. The normalized spacial score (nSPS) is 10.1. The lowest BCUT2D eigenvalue weighted by Crippen LogP contribution is -2.10. The second kappa shape index (κ2) is 7.10. The highest BCUT2D eigenvalue weighted by Crippen LogP contribution is 2.28. The van der Waals surface area contributed by atoms with Gasteiger partial charge in [0.2, 0.25) is 0 Å². The van der Waals surface area contributed by atoms with Gasteiger partial charge in [-0.05, 0) is 30.3 Å². The largest absolute Gasteiger partial charge is 0.426 e. The Bertz CT molecular complexity index is 660. The van der Waals surface area contributed by atoms with Gasteiger partial charge in [-0.1, -0.05) is 23.7 Å². The van der Waals surface area contributed by atoms with Crippen molar-refractivity contribution >= 4 is 35.0 Å². The molecule has 2 aromatic rings. The van der Waals surface area contributed by atoms with Gasteiger partial charge in [0.25, 0.3) is 5.69 Å². The molecule has 0 aliphatic heterocycles. The van der Waals surface area contributed by atoms with Crippen LogP contribution in [-0.2, 0) is 4.79 Å². The van der Waals surface area contributed by atoms with Crippen molar-refractivity contribution in [2.75, 3.05) is 5.75 Å². The summed E-state index contributed by atoms with van der Waals surface area (Å²) in [5.41, 5.74) is -0.0261. The van der Waals surface area contributed by atoms with E-state index in [0.29, 0.717) is 15.7 Å². The molecule has 2 aromatic carbocycles. The van der Waals surface area contributed by atoms with E-state index in [0.717, 1.165) is 11.8 Å². The highest BCUT2D eigenvalue weighted by Gasteiger charge is 2.15. The van der Waals surface area contributed by atoms with Crippen molar-refractivity contribution < 1.29 is 14.5 Å². The number of halogens is 1. The third kappa shape index (κ3) is 4.47. The molecule has 0 fully saturated rings. The van der Waals surface area contributed by atoms with Crippen molar-refractivity contribution in [1.29, 1.82) is 0 Å². The topological polar surface area (TPSA) is 69.4 Å². The number of nitro groups is 1. The Balaban J connectivity index is 1.95. The number of hydrogen-bond acceptors (Lipinski definition) is 5. The predicted molar refractivity (Wildman–Crippen MR) is 80.9 cm³/mol. The van der Waals surface area contributed by atoms with Crippen LogP contribution in [-0.4, -0.2) is 16.6 Å². The molecular formula is C14H10ClNO4S. The monoisotopic (exact) mass is 323 g/mol. The summed E-state index contributed by atoms with van der Waals surface area (Å²) in [6.07, 6.45) is 0. The van der Waals surface area contributed by atoms with E-state index in [9.17, 15) is 14.9 Å². The summed E-state index contributed by atoms with van der Waals surface area (Å²) in [6.45, 7) is 0. The fraction of sp³-hybridized carbons (Fsp3) is 0.0714. The highest BCUT2D eigenvalue weighted by atomic mass is 35.5. The van der Waals surface area contributed by atoms with Gasteiger partial charge in [-0.2, -0.15) is 0 Å². The van der Waals surface area contributed by atoms with Gasteiger partial charge in [0.15, 0.2) is 0 Å². The summed E-state index contributed by atoms with van der Waals surface area (Å²) in [5, 5.41) is 11.4. The van der Waals surface area contributed by atoms with E-state index in [1.165, 1.54) is 6.07 Å². The number of ether oxygens (including phenoxy) is 1.